The molecule has 0 saturated heterocycles. The van der Waals surface area contributed by atoms with Gasteiger partial charge in [-0.05, 0) is 24.3 Å². The van der Waals surface area contributed by atoms with Crippen LogP contribution in [-0.4, -0.2) is 19.7 Å². The Bertz CT molecular complexity index is 1160. The molecule has 0 bridgehead atoms. The van der Waals surface area contributed by atoms with Crippen molar-refractivity contribution < 1.29 is 8.91 Å². The number of fused-ring (bicyclic) bond motifs is 1. The minimum Gasteiger partial charge on any atom is -0.338 e. The fraction of sp³-hybridized carbons (Fsp3) is 0.111. The number of benzene rings is 2. The van der Waals surface area contributed by atoms with Crippen molar-refractivity contribution in [3.8, 4) is 11.4 Å². The zero-order valence-corrected chi connectivity index (χ0v) is 14.5. The molecule has 0 spiro atoms. The minimum atomic E-state index is -0.362. The standard InChI is InChI=1S/C18H13FN4O2S/c1-23-17(24)13-7-2-3-8-14(13)20-18(23)26-10-15-21-16(22-25-15)11-5-4-6-12(19)9-11/h2-9H,10H2,1H3. The minimum absolute atomic E-state index is 0.107. The Kier molecular flexibility index (Phi) is 4.26. The third-order valence-electron chi connectivity index (χ3n) is 3.82. The normalized spacial score (nSPS) is 11.2. The van der Waals surface area contributed by atoms with Crippen molar-refractivity contribution in [1.82, 2.24) is 19.7 Å². The van der Waals surface area contributed by atoms with Crippen LogP contribution in [0.5, 0.6) is 0 Å². The highest BCUT2D eigenvalue weighted by atomic mass is 32.2. The van der Waals surface area contributed by atoms with Crippen molar-refractivity contribution >= 4 is 22.7 Å². The molecule has 0 aliphatic heterocycles. The fourth-order valence-corrected chi connectivity index (χ4v) is 3.32. The lowest BCUT2D eigenvalue weighted by Gasteiger charge is -2.07. The molecule has 0 atom stereocenters. The first-order chi connectivity index (χ1) is 12.6. The van der Waals surface area contributed by atoms with Crippen molar-refractivity contribution in [2.75, 3.05) is 0 Å². The molecule has 8 heteroatoms. The van der Waals surface area contributed by atoms with E-state index in [4.69, 9.17) is 4.52 Å². The highest BCUT2D eigenvalue weighted by Crippen LogP contribution is 2.23. The van der Waals surface area contributed by atoms with E-state index < -0.39 is 0 Å². The van der Waals surface area contributed by atoms with Gasteiger partial charge in [-0.1, -0.05) is 41.2 Å². The molecular weight excluding hydrogens is 355 g/mol. The van der Waals surface area contributed by atoms with Gasteiger partial charge in [0.05, 0.1) is 16.7 Å². The van der Waals surface area contributed by atoms with Crippen molar-refractivity contribution in [2.24, 2.45) is 7.05 Å². The van der Waals surface area contributed by atoms with E-state index in [0.29, 0.717) is 39.1 Å². The molecule has 0 N–H and O–H groups in total. The number of hydrogen-bond donors (Lipinski definition) is 0. The molecule has 0 unspecified atom stereocenters. The lowest BCUT2D eigenvalue weighted by Crippen LogP contribution is -2.19. The molecule has 2 heterocycles. The quantitative estimate of drug-likeness (QED) is 0.406. The second-order valence-corrected chi connectivity index (χ2v) is 6.53. The summed E-state index contributed by atoms with van der Waals surface area (Å²) in [4.78, 5) is 21.2. The third kappa shape index (κ3) is 3.11. The Morgan fingerprint density at radius 1 is 1.15 bits per heavy atom. The zero-order valence-electron chi connectivity index (χ0n) is 13.7. The van der Waals surface area contributed by atoms with Crippen molar-refractivity contribution in [2.45, 2.75) is 10.9 Å². The Hall–Kier alpha value is -3.00. The van der Waals surface area contributed by atoms with Gasteiger partial charge in [0.15, 0.2) is 5.16 Å². The van der Waals surface area contributed by atoms with Crippen LogP contribution in [0.25, 0.3) is 22.3 Å². The van der Waals surface area contributed by atoms with E-state index in [-0.39, 0.29) is 11.4 Å². The van der Waals surface area contributed by atoms with Crippen LogP contribution >= 0.6 is 11.8 Å². The van der Waals surface area contributed by atoms with E-state index in [1.165, 1.54) is 28.5 Å². The van der Waals surface area contributed by atoms with E-state index in [0.717, 1.165) is 0 Å². The van der Waals surface area contributed by atoms with Gasteiger partial charge in [0.1, 0.15) is 5.82 Å². The highest BCUT2D eigenvalue weighted by Gasteiger charge is 2.13. The summed E-state index contributed by atoms with van der Waals surface area (Å²) in [5, 5.41) is 5.00. The van der Waals surface area contributed by atoms with Gasteiger partial charge >= 0.3 is 0 Å². The lowest BCUT2D eigenvalue weighted by atomic mass is 10.2. The average molecular weight is 368 g/mol. The monoisotopic (exact) mass is 368 g/mol. The van der Waals surface area contributed by atoms with Gasteiger partial charge in [-0.25, -0.2) is 9.37 Å². The molecule has 6 nitrogen and oxygen atoms in total. The van der Waals surface area contributed by atoms with Gasteiger partial charge < -0.3 is 4.52 Å². The Labute approximate surface area is 151 Å². The molecule has 0 aliphatic carbocycles. The number of aromatic nitrogens is 4. The van der Waals surface area contributed by atoms with Gasteiger partial charge in [-0.3, -0.25) is 9.36 Å². The maximum atomic E-state index is 13.3. The molecular formula is C18H13FN4O2S. The topological polar surface area (TPSA) is 73.8 Å². The summed E-state index contributed by atoms with van der Waals surface area (Å²) in [6.45, 7) is 0. The summed E-state index contributed by atoms with van der Waals surface area (Å²) in [5.41, 5.74) is 1.08. The van der Waals surface area contributed by atoms with Crippen LogP contribution in [0, 0.1) is 5.82 Å². The van der Waals surface area contributed by atoms with Crippen LogP contribution in [-0.2, 0) is 12.8 Å². The molecule has 26 heavy (non-hydrogen) atoms. The Morgan fingerprint density at radius 3 is 2.85 bits per heavy atom. The summed E-state index contributed by atoms with van der Waals surface area (Å²) in [6, 6.07) is 13.2. The zero-order chi connectivity index (χ0) is 18.1. The number of para-hydroxylation sites is 1. The Morgan fingerprint density at radius 2 is 2.00 bits per heavy atom. The average Bonchev–Trinajstić information content (AvgIpc) is 3.13. The van der Waals surface area contributed by atoms with Crippen LogP contribution in [0.3, 0.4) is 0 Å². The van der Waals surface area contributed by atoms with E-state index in [1.807, 2.05) is 12.1 Å². The third-order valence-corrected chi connectivity index (χ3v) is 4.83. The van der Waals surface area contributed by atoms with Crippen molar-refractivity contribution in [3.63, 3.8) is 0 Å². The molecule has 0 amide bonds. The van der Waals surface area contributed by atoms with Gasteiger partial charge in [0.2, 0.25) is 11.7 Å². The van der Waals surface area contributed by atoms with Gasteiger partial charge in [-0.2, -0.15) is 4.98 Å². The summed E-state index contributed by atoms with van der Waals surface area (Å²) in [5.74, 6) is 0.678. The summed E-state index contributed by atoms with van der Waals surface area (Å²) < 4.78 is 20.0. The van der Waals surface area contributed by atoms with Crippen molar-refractivity contribution in [3.05, 3.63) is 70.6 Å². The molecule has 130 valence electrons. The number of nitrogens with zero attached hydrogens (tertiary/aromatic N) is 4. The van der Waals surface area contributed by atoms with Crippen LogP contribution < -0.4 is 5.56 Å². The number of halogens is 1. The maximum absolute atomic E-state index is 13.3. The lowest BCUT2D eigenvalue weighted by molar-refractivity contribution is 0.391. The number of thioether (sulfide) groups is 1. The summed E-state index contributed by atoms with van der Waals surface area (Å²) in [7, 11) is 1.68. The largest absolute Gasteiger partial charge is 0.338 e. The van der Waals surface area contributed by atoms with Crippen LogP contribution in [0.2, 0.25) is 0 Å². The predicted molar refractivity (Wildman–Crippen MR) is 96.2 cm³/mol. The van der Waals surface area contributed by atoms with E-state index in [2.05, 4.69) is 15.1 Å². The molecule has 0 saturated carbocycles. The smallest absolute Gasteiger partial charge is 0.261 e. The molecule has 4 aromatic rings. The molecule has 0 fully saturated rings. The molecule has 4 rings (SSSR count). The molecule has 0 radical (unpaired) electrons. The molecule has 0 aliphatic rings. The Balaban J connectivity index is 1.58. The number of hydrogen-bond acceptors (Lipinski definition) is 6. The van der Waals surface area contributed by atoms with Gasteiger partial charge in [0.25, 0.3) is 5.56 Å². The van der Waals surface area contributed by atoms with Gasteiger partial charge in [-0.15, -0.1) is 0 Å². The SMILES string of the molecule is Cn1c(SCc2nc(-c3cccc(F)c3)no2)nc2ccccc2c1=O. The molecule has 2 aromatic carbocycles. The predicted octanol–water partition coefficient (Wildman–Crippen LogP) is 3.41. The van der Waals surface area contributed by atoms with E-state index in [9.17, 15) is 9.18 Å². The second kappa shape index (κ2) is 6.72. The van der Waals surface area contributed by atoms with Crippen molar-refractivity contribution in [1.29, 1.82) is 0 Å². The van der Waals surface area contributed by atoms with Crippen LogP contribution in [0.1, 0.15) is 5.89 Å². The van der Waals surface area contributed by atoms with E-state index >= 15 is 0 Å². The molecule has 2 aromatic heterocycles. The summed E-state index contributed by atoms with van der Waals surface area (Å²) in [6.07, 6.45) is 0. The first-order valence-corrected chi connectivity index (χ1v) is 8.77. The fourth-order valence-electron chi connectivity index (χ4n) is 2.51. The van der Waals surface area contributed by atoms with E-state index in [1.54, 1.807) is 31.3 Å². The number of rotatable bonds is 4. The maximum Gasteiger partial charge on any atom is 0.261 e. The van der Waals surface area contributed by atoms with Gasteiger partial charge in [0, 0.05) is 12.6 Å². The van der Waals surface area contributed by atoms with Crippen LogP contribution in [0.4, 0.5) is 4.39 Å². The van der Waals surface area contributed by atoms with Crippen LogP contribution in [0.15, 0.2) is 63.0 Å². The highest BCUT2D eigenvalue weighted by molar-refractivity contribution is 7.98. The summed E-state index contributed by atoms with van der Waals surface area (Å²) >= 11 is 1.32. The first kappa shape index (κ1) is 16.5. The first-order valence-electron chi connectivity index (χ1n) is 7.79. The second-order valence-electron chi connectivity index (χ2n) is 5.59.